The normalized spacial score (nSPS) is 18.5. The van der Waals surface area contributed by atoms with Gasteiger partial charge in [0.2, 0.25) is 5.91 Å². The van der Waals surface area contributed by atoms with Crippen LogP contribution in [0.15, 0.2) is 0 Å². The van der Waals surface area contributed by atoms with Gasteiger partial charge in [0.15, 0.2) is 0 Å². The minimum absolute atomic E-state index is 0.271. The second-order valence-corrected chi connectivity index (χ2v) is 2.85. The number of nitrogens with zero attached hydrogens (tertiary/aromatic N) is 1. The highest BCUT2D eigenvalue weighted by atomic mass is 16.2. The molecular formula is C7H17N3O+2. The second-order valence-electron chi connectivity index (χ2n) is 2.85. The number of carbonyl (C=O) groups excluding carboxylic acids is 1. The maximum atomic E-state index is 11.3. The van der Waals surface area contributed by atoms with E-state index in [2.05, 4.69) is 11.1 Å². The van der Waals surface area contributed by atoms with Gasteiger partial charge in [-0.3, -0.25) is 4.79 Å². The highest BCUT2D eigenvalue weighted by molar-refractivity contribution is 5.76. The van der Waals surface area contributed by atoms with E-state index in [4.69, 9.17) is 0 Å². The molecule has 0 aromatic heterocycles. The van der Waals surface area contributed by atoms with Crippen LogP contribution in [-0.2, 0) is 4.79 Å². The molecular weight excluding hydrogens is 142 g/mol. The third kappa shape index (κ3) is 2.48. The zero-order valence-electron chi connectivity index (χ0n) is 6.88. The van der Waals surface area contributed by atoms with E-state index in [0.717, 1.165) is 32.7 Å². The summed E-state index contributed by atoms with van der Waals surface area (Å²) in [7, 11) is 0. The molecule has 0 aliphatic carbocycles. The molecule has 0 atom stereocenters. The largest absolute Gasteiger partial charge is 0.357 e. The van der Waals surface area contributed by atoms with E-state index in [1.165, 1.54) is 0 Å². The van der Waals surface area contributed by atoms with E-state index >= 15 is 0 Å². The number of piperazine rings is 1. The molecule has 0 saturated carbocycles. The summed E-state index contributed by atoms with van der Waals surface area (Å²) in [6, 6.07) is 0. The molecule has 0 spiro atoms. The number of nitrogens with two attached hydrogens (primary N) is 1. The summed E-state index contributed by atoms with van der Waals surface area (Å²) in [5.41, 5.74) is 3.67. The van der Waals surface area contributed by atoms with E-state index in [9.17, 15) is 4.79 Å². The van der Waals surface area contributed by atoms with Gasteiger partial charge in [-0.25, -0.2) is 0 Å². The van der Waals surface area contributed by atoms with Gasteiger partial charge in [-0.05, 0) is 0 Å². The molecule has 4 nitrogen and oxygen atoms in total. The Kier molecular flexibility index (Phi) is 3.32. The fourth-order valence-electron chi connectivity index (χ4n) is 1.31. The van der Waals surface area contributed by atoms with Crippen molar-refractivity contribution in [3.8, 4) is 0 Å². The molecule has 1 rings (SSSR count). The van der Waals surface area contributed by atoms with E-state index in [1.54, 1.807) is 0 Å². The van der Waals surface area contributed by atoms with Gasteiger partial charge in [0, 0.05) is 0 Å². The second kappa shape index (κ2) is 4.31. The fraction of sp³-hybridized carbons (Fsp3) is 0.857. The molecule has 4 heteroatoms. The maximum absolute atomic E-state index is 11.3. The Hall–Kier alpha value is -0.610. The van der Waals surface area contributed by atoms with Crippen LogP contribution in [0.5, 0.6) is 0 Å². The number of amides is 1. The zero-order chi connectivity index (χ0) is 8.10. The van der Waals surface area contributed by atoms with E-state index < -0.39 is 0 Å². The molecule has 1 aliphatic heterocycles. The quantitative estimate of drug-likeness (QED) is 0.444. The van der Waals surface area contributed by atoms with Crippen LogP contribution in [0.4, 0.5) is 0 Å². The van der Waals surface area contributed by atoms with E-state index in [-0.39, 0.29) is 5.91 Å². The van der Waals surface area contributed by atoms with Crippen LogP contribution in [0.3, 0.4) is 0 Å². The Bertz CT molecular complexity index is 132. The van der Waals surface area contributed by atoms with Crippen molar-refractivity contribution in [2.75, 3.05) is 32.7 Å². The van der Waals surface area contributed by atoms with E-state index in [0.29, 0.717) is 6.42 Å². The molecule has 1 aliphatic rings. The highest BCUT2D eigenvalue weighted by Crippen LogP contribution is 1.92. The van der Waals surface area contributed by atoms with Gasteiger partial charge >= 0.3 is 0 Å². The lowest BCUT2D eigenvalue weighted by Gasteiger charge is -2.24. The minimum atomic E-state index is 0.271. The Balaban J connectivity index is 2.27. The first kappa shape index (κ1) is 8.49. The standard InChI is InChI=1S/C7H15N3O/c8-2-1-7(11)10-5-3-9-4-6-10/h9H,1-6,8H2/p+2. The molecule has 0 radical (unpaired) electrons. The van der Waals surface area contributed by atoms with Gasteiger partial charge in [0.05, 0.1) is 39.1 Å². The fourth-order valence-corrected chi connectivity index (χ4v) is 1.31. The molecule has 0 bridgehead atoms. The molecule has 0 unspecified atom stereocenters. The molecule has 1 saturated heterocycles. The topological polar surface area (TPSA) is 64.6 Å². The Morgan fingerprint density at radius 2 is 2.09 bits per heavy atom. The van der Waals surface area contributed by atoms with Crippen molar-refractivity contribution in [1.29, 1.82) is 0 Å². The number of rotatable bonds is 2. The lowest BCUT2D eigenvalue weighted by Crippen LogP contribution is -2.89. The third-order valence-electron chi connectivity index (χ3n) is 1.95. The Labute approximate surface area is 66.7 Å². The number of hydrogen-bond acceptors (Lipinski definition) is 1. The summed E-state index contributed by atoms with van der Waals surface area (Å²) in [4.78, 5) is 13.2. The molecule has 11 heavy (non-hydrogen) atoms. The average Bonchev–Trinajstić information content (AvgIpc) is 2.07. The Morgan fingerprint density at radius 1 is 1.45 bits per heavy atom. The summed E-state index contributed by atoms with van der Waals surface area (Å²) in [6.07, 6.45) is 0.611. The van der Waals surface area contributed by atoms with Gasteiger partial charge in [-0.1, -0.05) is 0 Å². The van der Waals surface area contributed by atoms with Crippen LogP contribution in [0, 0.1) is 0 Å². The smallest absolute Gasteiger partial charge is 0.228 e. The maximum Gasteiger partial charge on any atom is 0.228 e. The van der Waals surface area contributed by atoms with Crippen molar-refractivity contribution in [2.45, 2.75) is 6.42 Å². The van der Waals surface area contributed by atoms with Crippen molar-refractivity contribution in [3.63, 3.8) is 0 Å². The van der Waals surface area contributed by atoms with Crippen molar-refractivity contribution in [2.24, 2.45) is 0 Å². The summed E-state index contributed by atoms with van der Waals surface area (Å²) >= 11 is 0. The van der Waals surface area contributed by atoms with Crippen LogP contribution < -0.4 is 11.1 Å². The first-order valence-corrected chi connectivity index (χ1v) is 4.23. The van der Waals surface area contributed by atoms with Crippen molar-refractivity contribution in [1.82, 2.24) is 4.90 Å². The average molecular weight is 159 g/mol. The molecule has 1 fully saturated rings. The first-order valence-electron chi connectivity index (χ1n) is 4.23. The van der Waals surface area contributed by atoms with Crippen LogP contribution in [-0.4, -0.2) is 43.5 Å². The van der Waals surface area contributed by atoms with Gasteiger partial charge in [0.25, 0.3) is 0 Å². The van der Waals surface area contributed by atoms with Crippen LogP contribution in [0.2, 0.25) is 0 Å². The van der Waals surface area contributed by atoms with Gasteiger partial charge in [-0.15, -0.1) is 0 Å². The third-order valence-corrected chi connectivity index (χ3v) is 1.95. The van der Waals surface area contributed by atoms with Crippen molar-refractivity contribution in [3.05, 3.63) is 0 Å². The molecule has 64 valence electrons. The van der Waals surface area contributed by atoms with Gasteiger partial charge in [0.1, 0.15) is 0 Å². The van der Waals surface area contributed by atoms with E-state index in [1.807, 2.05) is 4.90 Å². The number of hydrogen-bond donors (Lipinski definition) is 2. The first-order chi connectivity index (χ1) is 5.34. The summed E-state index contributed by atoms with van der Waals surface area (Å²) < 4.78 is 0. The molecule has 5 N–H and O–H groups in total. The summed E-state index contributed by atoms with van der Waals surface area (Å²) in [5.74, 6) is 0.271. The predicted octanol–water partition coefficient (Wildman–Crippen LogP) is -2.98. The zero-order valence-corrected chi connectivity index (χ0v) is 6.88. The molecule has 0 aromatic rings. The Morgan fingerprint density at radius 3 is 2.64 bits per heavy atom. The number of quaternary nitrogens is 2. The lowest BCUT2D eigenvalue weighted by molar-refractivity contribution is -0.662. The summed E-state index contributed by atoms with van der Waals surface area (Å²) in [6.45, 7) is 4.67. The molecule has 1 heterocycles. The highest BCUT2D eigenvalue weighted by Gasteiger charge is 2.16. The van der Waals surface area contributed by atoms with Crippen molar-refractivity contribution >= 4 is 5.91 Å². The van der Waals surface area contributed by atoms with Gasteiger partial charge < -0.3 is 16.0 Å². The molecule has 1 amide bonds. The van der Waals surface area contributed by atoms with Crippen molar-refractivity contribution < 1.29 is 15.8 Å². The monoisotopic (exact) mass is 159 g/mol. The van der Waals surface area contributed by atoms with Crippen LogP contribution in [0.25, 0.3) is 0 Å². The SMILES string of the molecule is [NH3+]CCC(=O)N1CC[NH2+]CC1. The summed E-state index contributed by atoms with van der Waals surface area (Å²) in [5, 5.41) is 2.24. The predicted molar refractivity (Wildman–Crippen MR) is 40.6 cm³/mol. The lowest BCUT2D eigenvalue weighted by atomic mass is 10.3. The van der Waals surface area contributed by atoms with Crippen LogP contribution >= 0.6 is 0 Å². The molecule has 0 aromatic carbocycles. The van der Waals surface area contributed by atoms with Gasteiger partial charge in [-0.2, -0.15) is 0 Å². The number of carbonyl (C=O) groups is 1. The van der Waals surface area contributed by atoms with Crippen LogP contribution in [0.1, 0.15) is 6.42 Å². The minimum Gasteiger partial charge on any atom is -0.357 e.